The van der Waals surface area contributed by atoms with E-state index in [0.29, 0.717) is 34.7 Å². The van der Waals surface area contributed by atoms with E-state index in [1.54, 1.807) is 0 Å². The monoisotopic (exact) mass is 563 g/mol. The molecule has 197 valence electrons. The molecule has 1 aliphatic rings. The molecule has 5 heterocycles. The second-order valence-corrected chi connectivity index (χ2v) is 10.5. The SMILES string of the molecule is CC1(C)c2nnc([n-]2)-c2cn(-c3ccccc3)c(n2)C(C)(C)c2nc(cn2-c2ccccc2)-c2nnc1[n-]2.[Cu+2]. The van der Waals surface area contributed by atoms with Crippen molar-refractivity contribution >= 4 is 0 Å². The van der Waals surface area contributed by atoms with Crippen molar-refractivity contribution in [3.63, 3.8) is 0 Å². The standard InChI is InChI=1S/C28H24N10.Cu/c1-27(2)23-31-21(33-35-23)19-15-37(17-11-7-5-8-12-17)25(29-19)28(3,4)26-30-20(22-32-24(27)36-34-22)16-38(26)18-13-9-6-10-14-18;/h5-16H,1-4H3;/q-2;+2. The van der Waals surface area contributed by atoms with E-state index in [4.69, 9.17) is 19.9 Å². The third-order valence-electron chi connectivity index (χ3n) is 7.08. The molecule has 0 amide bonds. The Morgan fingerprint density at radius 2 is 0.974 bits per heavy atom. The molecule has 6 aromatic rings. The van der Waals surface area contributed by atoms with E-state index >= 15 is 0 Å². The van der Waals surface area contributed by atoms with Crippen molar-refractivity contribution < 1.29 is 17.1 Å². The van der Waals surface area contributed by atoms with Gasteiger partial charge in [-0.25, -0.2) is 9.97 Å². The number of fused-ring (bicyclic) bond motifs is 10. The molecule has 8 bridgehead atoms. The van der Waals surface area contributed by atoms with Crippen molar-refractivity contribution in [1.82, 2.24) is 49.5 Å². The van der Waals surface area contributed by atoms with Crippen LogP contribution in [-0.4, -0.2) is 39.5 Å². The van der Waals surface area contributed by atoms with Crippen LogP contribution in [0.25, 0.3) is 34.4 Å². The molecule has 11 heteroatoms. The molecule has 2 aromatic carbocycles. The van der Waals surface area contributed by atoms with Crippen LogP contribution in [0.1, 0.15) is 51.0 Å². The predicted octanol–water partition coefficient (Wildman–Crippen LogP) is 3.85. The van der Waals surface area contributed by atoms with Crippen LogP contribution in [-0.2, 0) is 27.9 Å². The van der Waals surface area contributed by atoms with Gasteiger partial charge in [0.05, 0.1) is 16.8 Å². The Hall–Kier alpha value is -4.34. The number of para-hydroxylation sites is 2. The van der Waals surface area contributed by atoms with Crippen molar-refractivity contribution in [1.29, 1.82) is 0 Å². The van der Waals surface area contributed by atoms with Crippen LogP contribution in [0.15, 0.2) is 73.1 Å². The Morgan fingerprint density at radius 1 is 0.564 bits per heavy atom. The number of rotatable bonds is 2. The van der Waals surface area contributed by atoms with E-state index in [1.165, 1.54) is 0 Å². The zero-order valence-corrected chi connectivity index (χ0v) is 22.6. The molecule has 0 unspecified atom stereocenters. The molecule has 0 fully saturated rings. The molecule has 0 atom stereocenters. The predicted molar refractivity (Wildman–Crippen MR) is 140 cm³/mol. The molecule has 0 aliphatic carbocycles. The number of benzene rings is 2. The van der Waals surface area contributed by atoms with Crippen LogP contribution >= 0.6 is 0 Å². The fraction of sp³-hybridized carbons (Fsp3) is 0.214. The average Bonchev–Trinajstić information content (AvgIpc) is 3.73. The van der Waals surface area contributed by atoms with E-state index in [0.717, 1.165) is 23.0 Å². The summed E-state index contributed by atoms with van der Waals surface area (Å²) in [5.41, 5.74) is 1.84. The van der Waals surface area contributed by atoms with E-state index in [-0.39, 0.29) is 17.1 Å². The third-order valence-corrected chi connectivity index (χ3v) is 7.08. The van der Waals surface area contributed by atoms with Crippen LogP contribution in [0, 0.1) is 0 Å². The number of hydrogen-bond acceptors (Lipinski definition) is 6. The van der Waals surface area contributed by atoms with Crippen LogP contribution < -0.4 is 9.97 Å². The van der Waals surface area contributed by atoms with Gasteiger partial charge in [-0.15, -0.1) is 0 Å². The van der Waals surface area contributed by atoms with Gasteiger partial charge < -0.3 is 39.5 Å². The van der Waals surface area contributed by atoms with Crippen molar-refractivity contribution in [2.24, 2.45) is 0 Å². The van der Waals surface area contributed by atoms with E-state index in [1.807, 2.05) is 62.6 Å². The third kappa shape index (κ3) is 3.85. The van der Waals surface area contributed by atoms with Gasteiger partial charge >= 0.3 is 17.1 Å². The summed E-state index contributed by atoms with van der Waals surface area (Å²) in [5, 5.41) is 17.6. The zero-order chi connectivity index (χ0) is 26.1. The van der Waals surface area contributed by atoms with Crippen LogP contribution in [0.4, 0.5) is 0 Å². The Labute approximate surface area is 235 Å². The molecule has 1 radical (unpaired) electrons. The molecule has 39 heavy (non-hydrogen) atoms. The van der Waals surface area contributed by atoms with Crippen LogP contribution in [0.5, 0.6) is 0 Å². The van der Waals surface area contributed by atoms with Crippen molar-refractivity contribution in [3.05, 3.63) is 96.4 Å². The summed E-state index contributed by atoms with van der Waals surface area (Å²) in [6.45, 7) is 8.16. The second kappa shape index (κ2) is 8.86. The second-order valence-electron chi connectivity index (χ2n) is 10.5. The van der Waals surface area contributed by atoms with Crippen molar-refractivity contribution in [2.75, 3.05) is 0 Å². The number of hydrogen-bond donors (Lipinski definition) is 0. The summed E-state index contributed by atoms with van der Waals surface area (Å²) < 4.78 is 4.16. The average molecular weight is 564 g/mol. The zero-order valence-electron chi connectivity index (χ0n) is 21.7. The van der Waals surface area contributed by atoms with Gasteiger partial charge in [0, 0.05) is 52.5 Å². The molecule has 1 aliphatic heterocycles. The Bertz CT molecular complexity index is 1650. The summed E-state index contributed by atoms with van der Waals surface area (Å²) in [7, 11) is 0. The molecule has 7 rings (SSSR count). The number of aromatic nitrogens is 10. The van der Waals surface area contributed by atoms with Gasteiger partial charge in [-0.1, -0.05) is 50.2 Å². The van der Waals surface area contributed by atoms with Gasteiger partial charge in [0.1, 0.15) is 11.6 Å². The largest absolute Gasteiger partial charge is 2.00 e. The van der Waals surface area contributed by atoms with Crippen molar-refractivity contribution in [3.8, 4) is 34.4 Å². The molecule has 0 saturated heterocycles. The molecular formula is C28H24CuN10. The summed E-state index contributed by atoms with van der Waals surface area (Å²) in [6, 6.07) is 20.2. The Balaban J connectivity index is 0.00000277. The first kappa shape index (κ1) is 25.0. The summed E-state index contributed by atoms with van der Waals surface area (Å²) in [4.78, 5) is 19.7. The minimum atomic E-state index is -0.713. The van der Waals surface area contributed by atoms with Gasteiger partial charge in [0.2, 0.25) is 0 Å². The van der Waals surface area contributed by atoms with Gasteiger partial charge in [-0.05, 0) is 38.1 Å². The van der Waals surface area contributed by atoms with Crippen LogP contribution in [0.3, 0.4) is 0 Å². The van der Waals surface area contributed by atoms with Crippen molar-refractivity contribution in [2.45, 2.75) is 38.5 Å². The van der Waals surface area contributed by atoms with Gasteiger partial charge in [0.15, 0.2) is 0 Å². The minimum absolute atomic E-state index is 0. The van der Waals surface area contributed by atoms with E-state index in [9.17, 15) is 0 Å². The summed E-state index contributed by atoms with van der Waals surface area (Å²) in [6.07, 6.45) is 3.93. The van der Waals surface area contributed by atoms with Gasteiger partial charge in [-0.3, -0.25) is 0 Å². The summed E-state index contributed by atoms with van der Waals surface area (Å²) >= 11 is 0. The summed E-state index contributed by atoms with van der Waals surface area (Å²) in [5.74, 6) is 3.49. The fourth-order valence-corrected chi connectivity index (χ4v) is 4.85. The Morgan fingerprint density at radius 3 is 1.38 bits per heavy atom. The quantitative estimate of drug-likeness (QED) is 0.292. The van der Waals surface area contributed by atoms with E-state index in [2.05, 4.69) is 67.6 Å². The normalized spacial score (nSPS) is 14.9. The number of nitrogens with zero attached hydrogens (tertiary/aromatic N) is 10. The van der Waals surface area contributed by atoms with Crippen LogP contribution in [0.2, 0.25) is 0 Å². The molecule has 10 nitrogen and oxygen atoms in total. The maximum Gasteiger partial charge on any atom is 2.00 e. The maximum absolute atomic E-state index is 5.10. The van der Waals surface area contributed by atoms with E-state index < -0.39 is 10.8 Å². The Kier molecular flexibility index (Phi) is 5.67. The van der Waals surface area contributed by atoms with Gasteiger partial charge in [0.25, 0.3) is 0 Å². The first-order valence-corrected chi connectivity index (χ1v) is 12.4. The maximum atomic E-state index is 5.10. The molecular weight excluding hydrogens is 540 g/mol. The smallest absolute Gasteiger partial charge is 0.360 e. The first-order valence-electron chi connectivity index (χ1n) is 12.4. The molecule has 0 spiro atoms. The number of imidazole rings is 2. The van der Waals surface area contributed by atoms with Gasteiger partial charge in [-0.2, -0.15) is 0 Å². The molecule has 0 N–H and O–H groups in total. The fourth-order valence-electron chi connectivity index (χ4n) is 4.85. The molecule has 0 saturated carbocycles. The first-order chi connectivity index (χ1) is 18.3. The molecule has 4 aromatic heterocycles. The topological polar surface area (TPSA) is 115 Å². The minimum Gasteiger partial charge on any atom is -0.360 e.